The van der Waals surface area contributed by atoms with Gasteiger partial charge in [-0.2, -0.15) is 13.2 Å². The molecule has 0 saturated heterocycles. The molecule has 0 amide bonds. The van der Waals surface area contributed by atoms with E-state index in [-0.39, 0.29) is 5.82 Å². The minimum Gasteiger partial charge on any atom is -0.478 e. The average molecular weight is 349 g/mol. The van der Waals surface area contributed by atoms with Gasteiger partial charge in [0.25, 0.3) is 0 Å². The van der Waals surface area contributed by atoms with Gasteiger partial charge in [-0.25, -0.2) is 9.78 Å². The fourth-order valence-electron chi connectivity index (χ4n) is 1.69. The molecule has 0 fully saturated rings. The quantitative estimate of drug-likeness (QED) is 0.900. The molecule has 2 heterocycles. The molecule has 0 saturated carbocycles. The Morgan fingerprint density at radius 3 is 2.50 bits per heavy atom. The Bertz CT molecular complexity index is 680. The first-order chi connectivity index (χ1) is 9.20. The molecule has 1 N–H and O–H groups in total. The molecule has 2 rings (SSSR count). The standard InChI is InChI=1S/C12H8BrF3N2O2/c1-6-2-9(13)10(17-3-6)18-4-7(11(19)20)8(5-18)12(14,15)16/h2-5H,1H3,(H,19,20). The number of carboxylic acids is 1. The number of aryl methyl sites for hydroxylation is 1. The number of carboxylic acid groups (broad SMARTS) is 1. The lowest BCUT2D eigenvalue weighted by Gasteiger charge is -2.06. The fourth-order valence-corrected chi connectivity index (χ4v) is 2.36. The van der Waals surface area contributed by atoms with Crippen LogP contribution >= 0.6 is 15.9 Å². The predicted molar refractivity (Wildman–Crippen MR) is 68.0 cm³/mol. The Morgan fingerprint density at radius 1 is 1.40 bits per heavy atom. The third-order valence-electron chi connectivity index (χ3n) is 2.57. The lowest BCUT2D eigenvalue weighted by molar-refractivity contribution is -0.138. The Balaban J connectivity index is 2.62. The third-order valence-corrected chi connectivity index (χ3v) is 3.15. The summed E-state index contributed by atoms with van der Waals surface area (Å²) >= 11 is 3.19. The van der Waals surface area contributed by atoms with E-state index in [1.807, 2.05) is 0 Å². The highest BCUT2D eigenvalue weighted by Crippen LogP contribution is 2.34. The molecule has 0 aromatic carbocycles. The van der Waals surface area contributed by atoms with E-state index >= 15 is 0 Å². The van der Waals surface area contributed by atoms with E-state index in [9.17, 15) is 18.0 Å². The van der Waals surface area contributed by atoms with Gasteiger partial charge in [0.15, 0.2) is 5.82 Å². The first-order valence-electron chi connectivity index (χ1n) is 5.35. The average Bonchev–Trinajstić information content (AvgIpc) is 2.73. The number of hydrogen-bond acceptors (Lipinski definition) is 2. The summed E-state index contributed by atoms with van der Waals surface area (Å²) in [6.07, 6.45) is -1.65. The zero-order chi connectivity index (χ0) is 15.1. The van der Waals surface area contributed by atoms with Crippen LogP contribution < -0.4 is 0 Å². The summed E-state index contributed by atoms with van der Waals surface area (Å²) in [4.78, 5) is 14.9. The van der Waals surface area contributed by atoms with Gasteiger partial charge in [0.2, 0.25) is 0 Å². The molecule has 0 spiro atoms. The van der Waals surface area contributed by atoms with Gasteiger partial charge in [0, 0.05) is 18.6 Å². The largest absolute Gasteiger partial charge is 0.478 e. The van der Waals surface area contributed by atoms with Crippen molar-refractivity contribution in [3.63, 3.8) is 0 Å². The molecule has 0 aliphatic carbocycles. The molecule has 20 heavy (non-hydrogen) atoms. The smallest absolute Gasteiger partial charge is 0.418 e. The van der Waals surface area contributed by atoms with Crippen LogP contribution in [0.1, 0.15) is 21.5 Å². The number of pyridine rings is 1. The summed E-state index contributed by atoms with van der Waals surface area (Å²) < 4.78 is 39.9. The van der Waals surface area contributed by atoms with Crippen LogP contribution in [0.3, 0.4) is 0 Å². The zero-order valence-electron chi connectivity index (χ0n) is 10.1. The molecule has 0 radical (unpaired) electrons. The predicted octanol–water partition coefficient (Wildman–Crippen LogP) is 3.66. The molecule has 0 atom stereocenters. The Morgan fingerprint density at radius 2 is 2.05 bits per heavy atom. The monoisotopic (exact) mass is 348 g/mol. The van der Waals surface area contributed by atoms with E-state index in [2.05, 4.69) is 20.9 Å². The van der Waals surface area contributed by atoms with Gasteiger partial charge in [-0.05, 0) is 34.5 Å². The highest BCUT2D eigenvalue weighted by Gasteiger charge is 2.37. The normalized spacial score (nSPS) is 11.7. The summed E-state index contributed by atoms with van der Waals surface area (Å²) in [5.41, 5.74) is -1.20. The van der Waals surface area contributed by atoms with Crippen molar-refractivity contribution in [3.8, 4) is 5.82 Å². The number of carbonyl (C=O) groups is 1. The van der Waals surface area contributed by atoms with Gasteiger partial charge in [-0.3, -0.25) is 0 Å². The van der Waals surface area contributed by atoms with Crippen LogP contribution in [0.2, 0.25) is 0 Å². The van der Waals surface area contributed by atoms with Crippen LogP contribution in [0.15, 0.2) is 29.1 Å². The second kappa shape index (κ2) is 4.93. The third kappa shape index (κ3) is 2.69. The molecule has 0 aliphatic heterocycles. The number of alkyl halides is 3. The van der Waals surface area contributed by atoms with Gasteiger partial charge in [-0.1, -0.05) is 0 Å². The Labute approximate surface area is 120 Å². The molecule has 106 valence electrons. The maximum atomic E-state index is 12.8. The first-order valence-corrected chi connectivity index (χ1v) is 6.14. The van der Waals surface area contributed by atoms with Crippen molar-refractivity contribution in [1.82, 2.24) is 9.55 Å². The van der Waals surface area contributed by atoms with Crippen LogP contribution in [0.5, 0.6) is 0 Å². The van der Waals surface area contributed by atoms with Crippen LogP contribution in [-0.4, -0.2) is 20.6 Å². The molecule has 2 aromatic rings. The number of aromatic nitrogens is 2. The first kappa shape index (κ1) is 14.6. The maximum Gasteiger partial charge on any atom is 0.418 e. The van der Waals surface area contributed by atoms with E-state index in [1.165, 1.54) is 6.20 Å². The van der Waals surface area contributed by atoms with E-state index in [4.69, 9.17) is 5.11 Å². The molecule has 4 nitrogen and oxygen atoms in total. The van der Waals surface area contributed by atoms with Gasteiger partial charge >= 0.3 is 12.1 Å². The zero-order valence-corrected chi connectivity index (χ0v) is 11.7. The fraction of sp³-hybridized carbons (Fsp3) is 0.167. The summed E-state index contributed by atoms with van der Waals surface area (Å²) in [5.74, 6) is -1.45. The number of aromatic carboxylic acids is 1. The van der Waals surface area contributed by atoms with Crippen molar-refractivity contribution < 1.29 is 23.1 Å². The van der Waals surface area contributed by atoms with E-state index in [1.54, 1.807) is 13.0 Å². The lowest BCUT2D eigenvalue weighted by atomic mass is 10.2. The Hall–Kier alpha value is -1.83. The van der Waals surface area contributed by atoms with Crippen LogP contribution in [-0.2, 0) is 6.18 Å². The summed E-state index contributed by atoms with van der Waals surface area (Å²) in [7, 11) is 0. The number of hydrogen-bond donors (Lipinski definition) is 1. The highest BCUT2D eigenvalue weighted by molar-refractivity contribution is 9.10. The summed E-state index contributed by atoms with van der Waals surface area (Å²) in [6, 6.07) is 1.68. The second-order valence-corrected chi connectivity index (χ2v) is 4.97. The minimum absolute atomic E-state index is 0.189. The lowest BCUT2D eigenvalue weighted by Crippen LogP contribution is -2.09. The molecular weight excluding hydrogens is 341 g/mol. The van der Waals surface area contributed by atoms with Crippen molar-refractivity contribution >= 4 is 21.9 Å². The van der Waals surface area contributed by atoms with Gasteiger partial charge < -0.3 is 9.67 Å². The molecule has 0 bridgehead atoms. The summed E-state index contributed by atoms with van der Waals surface area (Å²) in [5, 5.41) is 8.86. The number of nitrogens with zero attached hydrogens (tertiary/aromatic N) is 2. The van der Waals surface area contributed by atoms with Crippen LogP contribution in [0.25, 0.3) is 5.82 Å². The van der Waals surface area contributed by atoms with Gasteiger partial charge in [-0.15, -0.1) is 0 Å². The van der Waals surface area contributed by atoms with Crippen molar-refractivity contribution in [2.75, 3.05) is 0 Å². The van der Waals surface area contributed by atoms with Crippen LogP contribution in [0.4, 0.5) is 13.2 Å². The second-order valence-electron chi connectivity index (χ2n) is 4.11. The molecule has 8 heteroatoms. The van der Waals surface area contributed by atoms with Crippen LogP contribution in [0, 0.1) is 6.92 Å². The van der Waals surface area contributed by atoms with Gasteiger partial charge in [0.1, 0.15) is 0 Å². The van der Waals surface area contributed by atoms with Crippen molar-refractivity contribution in [3.05, 3.63) is 45.8 Å². The van der Waals surface area contributed by atoms with E-state index in [0.717, 1.165) is 16.3 Å². The SMILES string of the molecule is Cc1cnc(-n2cc(C(=O)O)c(C(F)(F)F)c2)c(Br)c1. The molecule has 0 aliphatic rings. The highest BCUT2D eigenvalue weighted by atomic mass is 79.9. The Kier molecular flexibility index (Phi) is 3.59. The van der Waals surface area contributed by atoms with Gasteiger partial charge in [0.05, 0.1) is 15.6 Å². The number of halogens is 4. The van der Waals surface area contributed by atoms with Crippen molar-refractivity contribution in [2.24, 2.45) is 0 Å². The van der Waals surface area contributed by atoms with E-state index in [0.29, 0.717) is 10.7 Å². The molecule has 2 aromatic heterocycles. The van der Waals surface area contributed by atoms with E-state index < -0.39 is 23.3 Å². The molecular formula is C12H8BrF3N2O2. The maximum absolute atomic E-state index is 12.8. The molecule has 0 unspecified atom stereocenters. The minimum atomic E-state index is -4.74. The summed E-state index contributed by atoms with van der Waals surface area (Å²) in [6.45, 7) is 1.78. The topological polar surface area (TPSA) is 55.1 Å². The number of rotatable bonds is 2. The van der Waals surface area contributed by atoms with Crippen molar-refractivity contribution in [1.29, 1.82) is 0 Å². The van der Waals surface area contributed by atoms with Crippen molar-refractivity contribution in [2.45, 2.75) is 13.1 Å².